The van der Waals surface area contributed by atoms with E-state index in [2.05, 4.69) is 19.1 Å². The van der Waals surface area contributed by atoms with Crippen LogP contribution in [0.5, 0.6) is 0 Å². The maximum absolute atomic E-state index is 12.3. The summed E-state index contributed by atoms with van der Waals surface area (Å²) >= 11 is 0. The van der Waals surface area contributed by atoms with Gasteiger partial charge in [-0.05, 0) is 24.8 Å². The lowest BCUT2D eigenvalue weighted by molar-refractivity contribution is -0.127. The third-order valence-electron chi connectivity index (χ3n) is 3.88. The van der Waals surface area contributed by atoms with Crippen LogP contribution in [0.3, 0.4) is 0 Å². The van der Waals surface area contributed by atoms with Gasteiger partial charge < -0.3 is 0 Å². The molecule has 1 heteroatoms. The van der Waals surface area contributed by atoms with E-state index in [9.17, 15) is 4.79 Å². The molecule has 0 amide bonds. The standard InChI is InChI=1S/C16H22O/c1-13(12-14-8-4-2-5-9-14)16(17)15-10-6-3-7-11-15/h2,4-5,8-9,13,15H,3,6-7,10-12H2,1H3/t13-/m0/s1. The van der Waals surface area contributed by atoms with Gasteiger partial charge in [-0.2, -0.15) is 0 Å². The molecule has 17 heavy (non-hydrogen) atoms. The Morgan fingerprint density at radius 2 is 1.82 bits per heavy atom. The second kappa shape index (κ2) is 6.00. The van der Waals surface area contributed by atoms with Crippen LogP contribution >= 0.6 is 0 Å². The third kappa shape index (κ3) is 3.42. The van der Waals surface area contributed by atoms with E-state index in [-0.39, 0.29) is 5.92 Å². The van der Waals surface area contributed by atoms with Gasteiger partial charge in [0.15, 0.2) is 0 Å². The van der Waals surface area contributed by atoms with Crippen LogP contribution in [-0.2, 0) is 11.2 Å². The minimum atomic E-state index is 0.181. The molecule has 1 aliphatic rings. The van der Waals surface area contributed by atoms with E-state index in [0.717, 1.165) is 19.3 Å². The van der Waals surface area contributed by atoms with Crippen LogP contribution in [-0.4, -0.2) is 5.78 Å². The summed E-state index contributed by atoms with van der Waals surface area (Å²) in [4.78, 5) is 12.3. The van der Waals surface area contributed by atoms with Crippen molar-refractivity contribution >= 4 is 5.78 Å². The normalized spacial score (nSPS) is 18.9. The Hall–Kier alpha value is -1.11. The van der Waals surface area contributed by atoms with E-state index in [1.165, 1.54) is 24.8 Å². The number of rotatable bonds is 4. The van der Waals surface area contributed by atoms with Gasteiger partial charge in [-0.15, -0.1) is 0 Å². The molecule has 1 atom stereocenters. The van der Waals surface area contributed by atoms with Gasteiger partial charge in [0.1, 0.15) is 5.78 Å². The molecule has 0 N–H and O–H groups in total. The highest BCUT2D eigenvalue weighted by atomic mass is 16.1. The Bertz CT molecular complexity index is 349. The maximum atomic E-state index is 12.3. The van der Waals surface area contributed by atoms with Crippen LogP contribution in [0, 0.1) is 11.8 Å². The lowest BCUT2D eigenvalue weighted by atomic mass is 9.80. The summed E-state index contributed by atoms with van der Waals surface area (Å²) < 4.78 is 0. The summed E-state index contributed by atoms with van der Waals surface area (Å²) in [6, 6.07) is 10.4. The average Bonchev–Trinajstić information content (AvgIpc) is 2.40. The Balaban J connectivity index is 1.90. The highest BCUT2D eigenvalue weighted by Crippen LogP contribution is 2.27. The molecule has 1 aromatic rings. The number of hydrogen-bond acceptors (Lipinski definition) is 1. The van der Waals surface area contributed by atoms with E-state index in [1.54, 1.807) is 0 Å². The monoisotopic (exact) mass is 230 g/mol. The highest BCUT2D eigenvalue weighted by Gasteiger charge is 2.25. The zero-order valence-corrected chi connectivity index (χ0v) is 10.7. The summed E-state index contributed by atoms with van der Waals surface area (Å²) in [5, 5.41) is 0. The van der Waals surface area contributed by atoms with Crippen molar-refractivity contribution in [3.8, 4) is 0 Å². The molecule has 1 nitrogen and oxygen atoms in total. The molecule has 0 aromatic heterocycles. The number of carbonyl (C=O) groups is 1. The fourth-order valence-corrected chi connectivity index (χ4v) is 2.86. The SMILES string of the molecule is C[C@@H](Cc1ccccc1)C(=O)C1CCCCC1. The average molecular weight is 230 g/mol. The zero-order valence-electron chi connectivity index (χ0n) is 10.7. The molecule has 1 aromatic carbocycles. The lowest BCUT2D eigenvalue weighted by Crippen LogP contribution is -2.25. The van der Waals surface area contributed by atoms with Crippen LogP contribution in [0.15, 0.2) is 30.3 Å². The maximum Gasteiger partial charge on any atom is 0.139 e. The largest absolute Gasteiger partial charge is 0.299 e. The van der Waals surface area contributed by atoms with Gasteiger partial charge in [-0.3, -0.25) is 4.79 Å². The Morgan fingerprint density at radius 1 is 1.18 bits per heavy atom. The van der Waals surface area contributed by atoms with Crippen molar-refractivity contribution in [2.45, 2.75) is 45.4 Å². The fourth-order valence-electron chi connectivity index (χ4n) is 2.86. The minimum Gasteiger partial charge on any atom is -0.299 e. The first-order chi connectivity index (χ1) is 8.27. The van der Waals surface area contributed by atoms with Crippen LogP contribution in [0.1, 0.15) is 44.6 Å². The Morgan fingerprint density at radius 3 is 2.47 bits per heavy atom. The molecule has 1 fully saturated rings. The van der Waals surface area contributed by atoms with E-state index >= 15 is 0 Å². The number of hydrogen-bond donors (Lipinski definition) is 0. The first-order valence-corrected chi connectivity index (χ1v) is 6.85. The molecule has 1 saturated carbocycles. The second-order valence-electron chi connectivity index (χ2n) is 5.33. The molecule has 0 saturated heterocycles. The second-order valence-corrected chi connectivity index (χ2v) is 5.33. The van der Waals surface area contributed by atoms with Crippen LogP contribution in [0.25, 0.3) is 0 Å². The van der Waals surface area contributed by atoms with Crippen LogP contribution < -0.4 is 0 Å². The smallest absolute Gasteiger partial charge is 0.139 e. The lowest BCUT2D eigenvalue weighted by Gasteiger charge is -2.23. The van der Waals surface area contributed by atoms with Crippen molar-refractivity contribution in [2.24, 2.45) is 11.8 Å². The summed E-state index contributed by atoms with van der Waals surface area (Å²) in [6.07, 6.45) is 6.95. The molecule has 0 unspecified atom stereocenters. The van der Waals surface area contributed by atoms with Crippen LogP contribution in [0.2, 0.25) is 0 Å². The van der Waals surface area contributed by atoms with Gasteiger partial charge in [0.05, 0.1) is 0 Å². The van der Waals surface area contributed by atoms with Crippen molar-refractivity contribution in [1.82, 2.24) is 0 Å². The molecular weight excluding hydrogens is 208 g/mol. The van der Waals surface area contributed by atoms with E-state index in [1.807, 2.05) is 18.2 Å². The molecule has 0 spiro atoms. The van der Waals surface area contributed by atoms with Gasteiger partial charge >= 0.3 is 0 Å². The van der Waals surface area contributed by atoms with Crippen molar-refractivity contribution in [1.29, 1.82) is 0 Å². The molecule has 2 rings (SSSR count). The topological polar surface area (TPSA) is 17.1 Å². The van der Waals surface area contributed by atoms with Crippen molar-refractivity contribution in [3.63, 3.8) is 0 Å². The van der Waals surface area contributed by atoms with Gasteiger partial charge in [0, 0.05) is 11.8 Å². The predicted octanol–water partition coefficient (Wildman–Crippen LogP) is 4.01. The molecule has 0 heterocycles. The van der Waals surface area contributed by atoms with Crippen molar-refractivity contribution in [2.75, 3.05) is 0 Å². The van der Waals surface area contributed by atoms with Crippen LogP contribution in [0.4, 0.5) is 0 Å². The first-order valence-electron chi connectivity index (χ1n) is 6.85. The number of carbonyl (C=O) groups excluding carboxylic acids is 1. The molecular formula is C16H22O. The zero-order chi connectivity index (χ0) is 12.1. The quantitative estimate of drug-likeness (QED) is 0.763. The van der Waals surface area contributed by atoms with Gasteiger partial charge in [-0.25, -0.2) is 0 Å². The Kier molecular flexibility index (Phi) is 4.36. The van der Waals surface area contributed by atoms with Gasteiger partial charge in [-0.1, -0.05) is 56.5 Å². The van der Waals surface area contributed by atoms with Crippen molar-refractivity contribution in [3.05, 3.63) is 35.9 Å². The number of benzene rings is 1. The highest BCUT2D eigenvalue weighted by molar-refractivity contribution is 5.83. The van der Waals surface area contributed by atoms with E-state index in [4.69, 9.17) is 0 Å². The predicted molar refractivity (Wildman–Crippen MR) is 70.9 cm³/mol. The van der Waals surface area contributed by atoms with Gasteiger partial charge in [0.25, 0.3) is 0 Å². The number of ketones is 1. The summed E-state index contributed by atoms with van der Waals surface area (Å²) in [5.41, 5.74) is 1.28. The summed E-state index contributed by atoms with van der Waals surface area (Å²) in [6.45, 7) is 2.09. The first kappa shape index (κ1) is 12.3. The summed E-state index contributed by atoms with van der Waals surface area (Å²) in [5.74, 6) is 1.02. The molecule has 0 aliphatic heterocycles. The van der Waals surface area contributed by atoms with Gasteiger partial charge in [0.2, 0.25) is 0 Å². The third-order valence-corrected chi connectivity index (χ3v) is 3.88. The van der Waals surface area contributed by atoms with Crippen molar-refractivity contribution < 1.29 is 4.79 Å². The molecule has 0 radical (unpaired) electrons. The summed E-state index contributed by atoms with van der Waals surface area (Å²) in [7, 11) is 0. The molecule has 1 aliphatic carbocycles. The molecule has 92 valence electrons. The van der Waals surface area contributed by atoms with E-state index < -0.39 is 0 Å². The Labute approximate surface area is 104 Å². The minimum absolute atomic E-state index is 0.181. The molecule has 0 bridgehead atoms. The van der Waals surface area contributed by atoms with E-state index in [0.29, 0.717) is 11.7 Å². The fraction of sp³-hybridized carbons (Fsp3) is 0.562. The number of Topliss-reactive ketones (excluding diaryl/α,β-unsaturated/α-hetero) is 1.